The first-order valence-corrected chi connectivity index (χ1v) is 22.4. The molecule has 0 unspecified atom stereocenters. The first-order valence-electron chi connectivity index (χ1n) is 22.4. The zero-order valence-electron chi connectivity index (χ0n) is 39.0. The van der Waals surface area contributed by atoms with Crippen LogP contribution < -0.4 is 13.9 Å². The molecule has 0 saturated carbocycles. The first-order chi connectivity index (χ1) is 31.1. The SMILES string of the molecule is CC(C)(C)c1cc([N+]2=C=[N+](c3[c-]c(Oc4[c-]c5c(cc4)c4cc(-c6ccccc6)ccc4n5-c4cc(C(C)(C)C)ccn4)ccc3)c3cccc(-c4cccnc4)c32)cc(C(C)(C)C)c1.[Pt+2]. The van der Waals surface area contributed by atoms with Crippen molar-refractivity contribution in [3.8, 4) is 39.6 Å². The summed E-state index contributed by atoms with van der Waals surface area (Å²) in [5.41, 5.74) is 13.8. The Morgan fingerprint density at radius 2 is 1.27 bits per heavy atom. The van der Waals surface area contributed by atoms with E-state index in [-0.39, 0.29) is 37.3 Å². The molecule has 9 aromatic rings. The van der Waals surface area contributed by atoms with E-state index in [0.717, 1.165) is 67.1 Å². The summed E-state index contributed by atoms with van der Waals surface area (Å²) in [6.45, 7) is 20.3. The van der Waals surface area contributed by atoms with Gasteiger partial charge < -0.3 is 9.30 Å². The fraction of sp³-hybridized carbons (Fsp3) is 0.203. The quantitative estimate of drug-likeness (QED) is 0.118. The summed E-state index contributed by atoms with van der Waals surface area (Å²) < 4.78 is 13.2. The standard InChI is InChI=1S/C59H53N5O.Pt/c1-57(2,3)42-27-29-61-55(34-42)64-52-26-23-40(39-16-11-10-12-17-39)30-51(52)50-25-24-48(36-54(50)64)65-47-20-13-19-45(35-47)62-38-63(46-32-43(58(4,5)6)31-44(33-46)59(7,8)9)56-49(21-14-22-53(56)62)41-18-15-28-60-37-41;/h10-34,37H,1-9H3;/q;+2. The largest absolute Gasteiger partial charge is 2.00 e. The Kier molecular flexibility index (Phi) is 11.4. The van der Waals surface area contributed by atoms with Crippen molar-refractivity contribution in [2.45, 2.75) is 78.6 Å². The van der Waals surface area contributed by atoms with Crippen LogP contribution in [0, 0.1) is 12.1 Å². The fourth-order valence-corrected chi connectivity index (χ4v) is 8.67. The number of fused-ring (bicyclic) bond motifs is 4. The van der Waals surface area contributed by atoms with E-state index in [9.17, 15) is 0 Å². The van der Waals surface area contributed by atoms with Gasteiger partial charge in [0.15, 0.2) is 0 Å². The molecule has 0 N–H and O–H groups in total. The van der Waals surface area contributed by atoms with Gasteiger partial charge in [0, 0.05) is 59.4 Å². The van der Waals surface area contributed by atoms with Gasteiger partial charge in [-0.15, -0.1) is 23.6 Å². The van der Waals surface area contributed by atoms with Gasteiger partial charge >= 0.3 is 32.8 Å². The van der Waals surface area contributed by atoms with Crippen LogP contribution in [0.5, 0.6) is 11.5 Å². The molecule has 0 aliphatic carbocycles. The van der Waals surface area contributed by atoms with Crippen LogP contribution in [-0.2, 0) is 37.3 Å². The van der Waals surface area contributed by atoms with Crippen LogP contribution in [0.1, 0.15) is 79.0 Å². The minimum atomic E-state index is -0.0625. The van der Waals surface area contributed by atoms with E-state index in [2.05, 4.69) is 214 Å². The van der Waals surface area contributed by atoms with E-state index in [1.165, 1.54) is 22.3 Å². The Labute approximate surface area is 402 Å². The van der Waals surface area contributed by atoms with Crippen LogP contribution in [0.3, 0.4) is 0 Å². The second kappa shape index (κ2) is 16.9. The van der Waals surface area contributed by atoms with Gasteiger partial charge in [-0.2, -0.15) is 12.1 Å². The maximum atomic E-state index is 6.72. The van der Waals surface area contributed by atoms with Crippen LogP contribution in [-0.4, -0.2) is 20.5 Å². The normalized spacial score (nSPS) is 12.7. The molecule has 0 amide bonds. The van der Waals surface area contributed by atoms with Gasteiger partial charge in [0.1, 0.15) is 11.5 Å². The van der Waals surface area contributed by atoms with E-state index in [1.807, 2.05) is 42.9 Å². The van der Waals surface area contributed by atoms with E-state index >= 15 is 0 Å². The summed E-state index contributed by atoms with van der Waals surface area (Å²) in [5, 5.41) is 2.19. The van der Waals surface area contributed by atoms with Crippen molar-refractivity contribution in [2.24, 2.45) is 0 Å². The van der Waals surface area contributed by atoms with Crippen molar-refractivity contribution in [3.05, 3.63) is 187 Å². The van der Waals surface area contributed by atoms with Gasteiger partial charge in [0.05, 0.1) is 5.56 Å². The molecular formula is C59H53N5OPt+2. The molecule has 6 aromatic carbocycles. The second-order valence-electron chi connectivity index (χ2n) is 20.1. The third-order valence-electron chi connectivity index (χ3n) is 12.4. The fourth-order valence-electron chi connectivity index (χ4n) is 8.67. The molecule has 0 bridgehead atoms. The molecule has 66 heavy (non-hydrogen) atoms. The first kappa shape index (κ1) is 44.5. The van der Waals surface area contributed by atoms with E-state index in [0.29, 0.717) is 11.5 Å². The third kappa shape index (κ3) is 8.37. The maximum Gasteiger partial charge on any atom is 2.00 e. The minimum absolute atomic E-state index is 0. The predicted octanol–water partition coefficient (Wildman–Crippen LogP) is 15.0. The monoisotopic (exact) mass is 1040 g/mol. The molecule has 0 fully saturated rings. The van der Waals surface area contributed by atoms with E-state index in [1.54, 1.807) is 0 Å². The van der Waals surface area contributed by atoms with Crippen molar-refractivity contribution in [3.63, 3.8) is 0 Å². The van der Waals surface area contributed by atoms with Crippen molar-refractivity contribution in [1.82, 2.24) is 23.7 Å². The summed E-state index contributed by atoms with van der Waals surface area (Å²) >= 11 is 0. The number of ether oxygens (including phenoxy) is 1. The number of nitrogens with zero attached hydrogens (tertiary/aromatic N) is 5. The zero-order valence-corrected chi connectivity index (χ0v) is 41.2. The molecular weight excluding hydrogens is 990 g/mol. The number of para-hydroxylation sites is 1. The van der Waals surface area contributed by atoms with Crippen LogP contribution >= 0.6 is 0 Å². The molecule has 1 aliphatic heterocycles. The molecule has 3 aromatic heterocycles. The molecule has 4 heterocycles. The molecule has 0 radical (unpaired) electrons. The second-order valence-corrected chi connectivity index (χ2v) is 20.1. The number of rotatable bonds is 7. The number of pyridine rings is 2. The van der Waals surface area contributed by atoms with Crippen molar-refractivity contribution in [2.75, 3.05) is 0 Å². The summed E-state index contributed by atoms with van der Waals surface area (Å²) in [7, 11) is 0. The Balaban J connectivity index is 0.00000548. The van der Waals surface area contributed by atoms with Crippen molar-refractivity contribution >= 4 is 50.6 Å². The Morgan fingerprint density at radius 3 is 1.98 bits per heavy atom. The van der Waals surface area contributed by atoms with E-state index in [4.69, 9.17) is 9.72 Å². The molecule has 7 heteroatoms. The zero-order chi connectivity index (χ0) is 45.3. The average Bonchev–Trinajstić information content (AvgIpc) is 3.85. The topological polar surface area (TPSA) is 46.0 Å². The van der Waals surface area contributed by atoms with Crippen molar-refractivity contribution < 1.29 is 25.8 Å². The van der Waals surface area contributed by atoms with Gasteiger partial charge in [0.2, 0.25) is 5.69 Å². The number of hydrogen-bond acceptors (Lipinski definition) is 3. The molecule has 0 atom stereocenters. The van der Waals surface area contributed by atoms with Gasteiger partial charge in [-0.3, -0.25) is 4.98 Å². The van der Waals surface area contributed by atoms with E-state index < -0.39 is 0 Å². The van der Waals surface area contributed by atoms with Gasteiger partial charge in [-0.25, -0.2) is 4.98 Å². The molecule has 6 nitrogen and oxygen atoms in total. The molecule has 0 spiro atoms. The molecule has 328 valence electrons. The summed E-state index contributed by atoms with van der Waals surface area (Å²) in [6.07, 6.45) is 5.65. The molecule has 10 rings (SSSR count). The average molecular weight is 1040 g/mol. The predicted molar refractivity (Wildman–Crippen MR) is 268 cm³/mol. The molecule has 0 saturated heterocycles. The van der Waals surface area contributed by atoms with Crippen LogP contribution in [0.4, 0.5) is 22.7 Å². The number of aromatic nitrogens is 3. The summed E-state index contributed by atoms with van der Waals surface area (Å²) in [6, 6.07) is 60.2. The smallest absolute Gasteiger partial charge is 0.509 e. The summed E-state index contributed by atoms with van der Waals surface area (Å²) in [4.78, 5) is 9.43. The number of benzene rings is 6. The van der Waals surface area contributed by atoms with Gasteiger partial charge in [-0.1, -0.05) is 145 Å². The van der Waals surface area contributed by atoms with Crippen LogP contribution in [0.25, 0.3) is 49.9 Å². The van der Waals surface area contributed by atoms with Crippen molar-refractivity contribution in [1.29, 1.82) is 0 Å². The number of hydrogen-bond donors (Lipinski definition) is 0. The molecule has 1 aliphatic rings. The van der Waals surface area contributed by atoms with Gasteiger partial charge in [-0.05, 0) is 84.4 Å². The Bertz CT molecular complexity index is 3350. The Morgan fingerprint density at radius 1 is 0.561 bits per heavy atom. The third-order valence-corrected chi connectivity index (χ3v) is 12.4. The summed E-state index contributed by atoms with van der Waals surface area (Å²) in [5.74, 6) is 1.98. The Hall–Kier alpha value is -6.71. The van der Waals surface area contributed by atoms with Crippen LogP contribution in [0.15, 0.2) is 158 Å². The van der Waals surface area contributed by atoms with Crippen LogP contribution in [0.2, 0.25) is 0 Å². The van der Waals surface area contributed by atoms with Gasteiger partial charge in [0.25, 0.3) is 5.69 Å². The maximum absolute atomic E-state index is 6.72. The minimum Gasteiger partial charge on any atom is -0.509 e.